The zero-order valence-corrected chi connectivity index (χ0v) is 16.4. The zero-order valence-electron chi connectivity index (χ0n) is 16.4. The van der Waals surface area contributed by atoms with E-state index in [1.807, 2.05) is 0 Å². The number of carbonyl (C=O) groups excluding carboxylic acids is 1. The number of amides is 1. The number of benzene rings is 1. The Kier molecular flexibility index (Phi) is 5.80. The number of likely N-dealkylation sites (tertiary alicyclic amines) is 1. The minimum absolute atomic E-state index is 0.147. The van der Waals surface area contributed by atoms with Gasteiger partial charge < -0.3 is 4.90 Å². The summed E-state index contributed by atoms with van der Waals surface area (Å²) in [5.41, 5.74) is 3.64. The minimum atomic E-state index is -0.234. The molecule has 1 aliphatic carbocycles. The molecule has 2 nitrogen and oxygen atoms in total. The Morgan fingerprint density at radius 1 is 1.23 bits per heavy atom. The molecule has 0 radical (unpaired) electrons. The summed E-state index contributed by atoms with van der Waals surface area (Å²) in [6.07, 6.45) is 15.5. The monoisotopic (exact) mass is 349 g/mol. The highest BCUT2D eigenvalue weighted by atomic mass is 16.2. The number of allylic oxidation sites excluding steroid dienone is 4. The SMILES string of the molecule is CCCC1(Cc2ccccc2C)CCN(C(C)C2=CCC=CC=C2)C1=O. The van der Waals surface area contributed by atoms with Crippen LogP contribution in [-0.2, 0) is 11.2 Å². The number of hydrogen-bond acceptors (Lipinski definition) is 1. The van der Waals surface area contributed by atoms with Gasteiger partial charge in [-0.3, -0.25) is 4.79 Å². The van der Waals surface area contributed by atoms with E-state index in [1.54, 1.807) is 0 Å². The van der Waals surface area contributed by atoms with Gasteiger partial charge in [-0.2, -0.15) is 0 Å². The van der Waals surface area contributed by atoms with E-state index in [4.69, 9.17) is 0 Å². The molecule has 1 fully saturated rings. The van der Waals surface area contributed by atoms with Crippen molar-refractivity contribution in [3.05, 3.63) is 71.3 Å². The van der Waals surface area contributed by atoms with Gasteiger partial charge in [0.15, 0.2) is 0 Å². The van der Waals surface area contributed by atoms with Crippen LogP contribution < -0.4 is 0 Å². The summed E-state index contributed by atoms with van der Waals surface area (Å²) in [5, 5.41) is 0. The summed E-state index contributed by atoms with van der Waals surface area (Å²) in [6.45, 7) is 7.39. The lowest BCUT2D eigenvalue weighted by atomic mass is 9.75. The van der Waals surface area contributed by atoms with Crippen molar-refractivity contribution in [3.8, 4) is 0 Å². The van der Waals surface area contributed by atoms with Crippen LogP contribution in [0.5, 0.6) is 0 Å². The molecule has 1 aromatic rings. The Labute approximate surface area is 158 Å². The quantitative estimate of drug-likeness (QED) is 0.674. The molecule has 26 heavy (non-hydrogen) atoms. The first kappa shape index (κ1) is 18.7. The molecule has 2 heteroatoms. The van der Waals surface area contributed by atoms with Gasteiger partial charge in [-0.05, 0) is 56.2 Å². The third-order valence-electron chi connectivity index (χ3n) is 6.04. The summed E-state index contributed by atoms with van der Waals surface area (Å²) in [5.74, 6) is 0.349. The molecule has 0 saturated carbocycles. The first-order valence-electron chi connectivity index (χ1n) is 9.96. The van der Waals surface area contributed by atoms with Crippen LogP contribution in [0, 0.1) is 12.3 Å². The van der Waals surface area contributed by atoms with Crippen LogP contribution in [0.3, 0.4) is 0 Å². The third kappa shape index (κ3) is 3.70. The van der Waals surface area contributed by atoms with Crippen LogP contribution in [0.15, 0.2) is 60.2 Å². The Morgan fingerprint density at radius 3 is 2.81 bits per heavy atom. The van der Waals surface area contributed by atoms with Crippen molar-refractivity contribution >= 4 is 5.91 Å². The number of nitrogens with zero attached hydrogens (tertiary/aromatic N) is 1. The standard InChI is InChI=1S/C24H31NO/c1-4-15-24(18-22-14-10-9-11-19(22)2)16-17-25(23(24)26)20(3)21-12-7-5-6-8-13-21/h5-7,9-14,20H,4,8,15-18H2,1-3H3. The number of aryl methyl sites for hydroxylation is 1. The van der Waals surface area contributed by atoms with E-state index in [0.29, 0.717) is 5.91 Å². The molecule has 1 heterocycles. The molecule has 0 aromatic heterocycles. The van der Waals surface area contributed by atoms with Gasteiger partial charge in [0.2, 0.25) is 5.91 Å². The zero-order chi connectivity index (χ0) is 18.6. The van der Waals surface area contributed by atoms with Crippen LogP contribution >= 0.6 is 0 Å². The van der Waals surface area contributed by atoms with Gasteiger partial charge in [-0.25, -0.2) is 0 Å². The van der Waals surface area contributed by atoms with Crippen LogP contribution in [0.2, 0.25) is 0 Å². The molecule has 1 amide bonds. The second-order valence-electron chi connectivity index (χ2n) is 7.79. The molecular formula is C24H31NO. The van der Waals surface area contributed by atoms with Crippen LogP contribution in [0.4, 0.5) is 0 Å². The van der Waals surface area contributed by atoms with Crippen molar-refractivity contribution in [3.63, 3.8) is 0 Å². The molecule has 0 spiro atoms. The topological polar surface area (TPSA) is 20.3 Å². The Balaban J connectivity index is 1.83. The lowest BCUT2D eigenvalue weighted by Crippen LogP contribution is -2.41. The average Bonchev–Trinajstić information content (AvgIpc) is 2.82. The molecule has 2 aliphatic rings. The van der Waals surface area contributed by atoms with Gasteiger partial charge in [0.25, 0.3) is 0 Å². The molecule has 1 aromatic carbocycles. The minimum Gasteiger partial charge on any atom is -0.335 e. The van der Waals surface area contributed by atoms with Crippen molar-refractivity contribution in [2.24, 2.45) is 5.41 Å². The fraction of sp³-hybridized carbons (Fsp3) is 0.458. The maximum absolute atomic E-state index is 13.6. The maximum atomic E-state index is 13.6. The van der Waals surface area contributed by atoms with Crippen LogP contribution in [0.1, 0.15) is 50.7 Å². The highest BCUT2D eigenvalue weighted by Gasteiger charge is 2.47. The van der Waals surface area contributed by atoms with E-state index < -0.39 is 0 Å². The number of hydrogen-bond donors (Lipinski definition) is 0. The highest BCUT2D eigenvalue weighted by molar-refractivity contribution is 5.86. The molecule has 2 unspecified atom stereocenters. The van der Waals surface area contributed by atoms with E-state index >= 15 is 0 Å². The van der Waals surface area contributed by atoms with E-state index in [0.717, 1.165) is 38.6 Å². The van der Waals surface area contributed by atoms with Gasteiger partial charge in [-0.1, -0.05) is 68.0 Å². The van der Waals surface area contributed by atoms with Gasteiger partial charge in [-0.15, -0.1) is 0 Å². The first-order valence-corrected chi connectivity index (χ1v) is 9.96. The van der Waals surface area contributed by atoms with Gasteiger partial charge in [0, 0.05) is 6.54 Å². The van der Waals surface area contributed by atoms with E-state index in [-0.39, 0.29) is 11.5 Å². The van der Waals surface area contributed by atoms with Crippen molar-refractivity contribution in [2.45, 2.75) is 58.9 Å². The highest BCUT2D eigenvalue weighted by Crippen LogP contribution is 2.41. The molecule has 1 aliphatic heterocycles. The summed E-state index contributed by atoms with van der Waals surface area (Å²) in [4.78, 5) is 15.7. The Bertz CT molecular complexity index is 742. The molecule has 1 saturated heterocycles. The number of carbonyl (C=O) groups is 1. The fourth-order valence-electron chi connectivity index (χ4n) is 4.44. The smallest absolute Gasteiger partial charge is 0.229 e. The van der Waals surface area contributed by atoms with Crippen molar-refractivity contribution in [1.82, 2.24) is 4.90 Å². The second-order valence-corrected chi connectivity index (χ2v) is 7.79. The van der Waals surface area contributed by atoms with E-state index in [9.17, 15) is 4.79 Å². The lowest BCUT2D eigenvalue weighted by Gasteiger charge is -2.31. The van der Waals surface area contributed by atoms with Gasteiger partial charge in [0.1, 0.15) is 0 Å². The van der Waals surface area contributed by atoms with Gasteiger partial charge >= 0.3 is 0 Å². The Hall–Kier alpha value is -2.09. The summed E-state index contributed by atoms with van der Waals surface area (Å²) in [6, 6.07) is 8.66. The van der Waals surface area contributed by atoms with E-state index in [2.05, 4.69) is 80.3 Å². The van der Waals surface area contributed by atoms with Crippen LogP contribution in [-0.4, -0.2) is 23.4 Å². The largest absolute Gasteiger partial charge is 0.335 e. The molecule has 0 N–H and O–H groups in total. The predicted octanol–water partition coefficient (Wildman–Crippen LogP) is 5.39. The third-order valence-corrected chi connectivity index (χ3v) is 6.04. The Morgan fingerprint density at radius 2 is 2.04 bits per heavy atom. The maximum Gasteiger partial charge on any atom is 0.229 e. The second kappa shape index (κ2) is 8.07. The molecule has 138 valence electrons. The summed E-state index contributed by atoms with van der Waals surface area (Å²) >= 11 is 0. The predicted molar refractivity (Wildman–Crippen MR) is 109 cm³/mol. The fourth-order valence-corrected chi connectivity index (χ4v) is 4.44. The average molecular weight is 350 g/mol. The summed E-state index contributed by atoms with van der Waals surface area (Å²) < 4.78 is 0. The molecule has 3 rings (SSSR count). The van der Waals surface area contributed by atoms with Gasteiger partial charge in [0.05, 0.1) is 11.5 Å². The number of rotatable bonds is 6. The van der Waals surface area contributed by atoms with Crippen LogP contribution in [0.25, 0.3) is 0 Å². The molecular weight excluding hydrogens is 318 g/mol. The molecule has 2 atom stereocenters. The lowest BCUT2D eigenvalue weighted by molar-refractivity contribution is -0.137. The van der Waals surface area contributed by atoms with Crippen molar-refractivity contribution in [2.75, 3.05) is 6.54 Å². The van der Waals surface area contributed by atoms with E-state index in [1.165, 1.54) is 16.7 Å². The summed E-state index contributed by atoms with van der Waals surface area (Å²) in [7, 11) is 0. The first-order chi connectivity index (χ1) is 12.6. The van der Waals surface area contributed by atoms with Crippen molar-refractivity contribution in [1.29, 1.82) is 0 Å². The van der Waals surface area contributed by atoms with Crippen molar-refractivity contribution < 1.29 is 4.79 Å². The normalized spacial score (nSPS) is 23.9. The molecule has 0 bridgehead atoms.